The van der Waals surface area contributed by atoms with Crippen molar-refractivity contribution < 1.29 is 4.79 Å². The maximum Gasteiger partial charge on any atom is 0.236 e. The number of amides is 1. The molecular weight excluding hydrogens is 228 g/mol. The van der Waals surface area contributed by atoms with E-state index in [9.17, 15) is 4.79 Å². The first-order valence-corrected chi connectivity index (χ1v) is 6.96. The highest BCUT2D eigenvalue weighted by Crippen LogP contribution is 2.13. The number of hydrogen-bond donors (Lipinski definition) is 2. The molecule has 0 aromatic carbocycles. The predicted octanol–water partition coefficient (Wildman–Crippen LogP) is -0.134. The summed E-state index contributed by atoms with van der Waals surface area (Å²) in [5.74, 6) is -0.0272. The zero-order valence-corrected chi connectivity index (χ0v) is 12.0. The molecule has 5 heteroatoms. The largest absolute Gasteiger partial charge is 0.353 e. The van der Waals surface area contributed by atoms with Crippen LogP contribution in [0, 0.1) is 0 Å². The average molecular weight is 256 g/mol. The Labute approximate surface area is 111 Å². The molecule has 1 amide bonds. The van der Waals surface area contributed by atoms with Crippen molar-refractivity contribution in [1.82, 2.24) is 15.1 Å². The first-order chi connectivity index (χ1) is 8.54. The topological polar surface area (TPSA) is 61.6 Å². The molecule has 0 unspecified atom stereocenters. The molecular formula is C13H28N4O. The zero-order valence-electron chi connectivity index (χ0n) is 12.0. The van der Waals surface area contributed by atoms with E-state index < -0.39 is 0 Å². The fraction of sp³-hybridized carbons (Fsp3) is 0.923. The molecule has 1 aliphatic heterocycles. The van der Waals surface area contributed by atoms with Crippen molar-refractivity contribution in [2.75, 3.05) is 40.3 Å². The Morgan fingerprint density at radius 3 is 2.56 bits per heavy atom. The van der Waals surface area contributed by atoms with Crippen molar-refractivity contribution in [3.05, 3.63) is 0 Å². The van der Waals surface area contributed by atoms with Crippen LogP contribution in [0.15, 0.2) is 0 Å². The second-order valence-corrected chi connectivity index (χ2v) is 5.34. The maximum absolute atomic E-state index is 11.5. The SMILES string of the molecule is CC[C@H](N)C(=O)NCCN1CCC(N(C)C)CC1. The van der Waals surface area contributed by atoms with E-state index in [0.717, 1.165) is 19.6 Å². The molecule has 1 atom stereocenters. The third kappa shape index (κ3) is 4.92. The van der Waals surface area contributed by atoms with Gasteiger partial charge in [-0.25, -0.2) is 0 Å². The Balaban J connectivity index is 2.13. The van der Waals surface area contributed by atoms with Gasteiger partial charge in [0.1, 0.15) is 0 Å². The van der Waals surface area contributed by atoms with Crippen molar-refractivity contribution in [2.24, 2.45) is 5.73 Å². The normalized spacial score (nSPS) is 20.1. The molecule has 5 nitrogen and oxygen atoms in total. The number of hydrogen-bond acceptors (Lipinski definition) is 4. The van der Waals surface area contributed by atoms with Gasteiger partial charge in [0.2, 0.25) is 5.91 Å². The minimum Gasteiger partial charge on any atom is -0.353 e. The number of nitrogens with one attached hydrogen (secondary N) is 1. The number of rotatable bonds is 6. The van der Waals surface area contributed by atoms with Crippen LogP contribution in [-0.2, 0) is 4.79 Å². The molecule has 1 rings (SSSR count). The number of likely N-dealkylation sites (tertiary alicyclic amines) is 1. The summed E-state index contributed by atoms with van der Waals surface area (Å²) in [4.78, 5) is 16.2. The predicted molar refractivity (Wildman–Crippen MR) is 74.4 cm³/mol. The number of piperidine rings is 1. The van der Waals surface area contributed by atoms with Gasteiger partial charge in [0, 0.05) is 19.1 Å². The molecule has 0 saturated carbocycles. The van der Waals surface area contributed by atoms with Crippen LogP contribution in [0.3, 0.4) is 0 Å². The van der Waals surface area contributed by atoms with E-state index in [1.54, 1.807) is 0 Å². The van der Waals surface area contributed by atoms with Gasteiger partial charge in [0.15, 0.2) is 0 Å². The van der Waals surface area contributed by atoms with Gasteiger partial charge in [-0.3, -0.25) is 4.79 Å². The smallest absolute Gasteiger partial charge is 0.236 e. The van der Waals surface area contributed by atoms with E-state index in [0.29, 0.717) is 19.0 Å². The summed E-state index contributed by atoms with van der Waals surface area (Å²) in [5, 5.41) is 2.90. The van der Waals surface area contributed by atoms with Crippen molar-refractivity contribution >= 4 is 5.91 Å². The van der Waals surface area contributed by atoms with Crippen LogP contribution in [0.1, 0.15) is 26.2 Å². The summed E-state index contributed by atoms with van der Waals surface area (Å²) in [7, 11) is 4.29. The Kier molecular flexibility index (Phi) is 6.60. The van der Waals surface area contributed by atoms with Gasteiger partial charge < -0.3 is 20.9 Å². The summed E-state index contributed by atoms with van der Waals surface area (Å²) in [6, 6.07) is 0.355. The fourth-order valence-electron chi connectivity index (χ4n) is 2.31. The van der Waals surface area contributed by atoms with Gasteiger partial charge in [0.25, 0.3) is 0 Å². The second-order valence-electron chi connectivity index (χ2n) is 5.34. The third-order valence-electron chi connectivity index (χ3n) is 3.79. The molecule has 0 aromatic heterocycles. The molecule has 1 heterocycles. The summed E-state index contributed by atoms with van der Waals surface area (Å²) in [5.41, 5.74) is 5.66. The average Bonchev–Trinajstić information content (AvgIpc) is 2.38. The lowest BCUT2D eigenvalue weighted by Crippen LogP contribution is -2.46. The van der Waals surface area contributed by atoms with Crippen LogP contribution in [-0.4, -0.2) is 68.1 Å². The minimum absolute atomic E-state index is 0.0272. The molecule has 0 bridgehead atoms. The Bertz CT molecular complexity index is 249. The van der Waals surface area contributed by atoms with E-state index in [2.05, 4.69) is 29.2 Å². The number of nitrogens with zero attached hydrogens (tertiary/aromatic N) is 2. The molecule has 18 heavy (non-hydrogen) atoms. The van der Waals surface area contributed by atoms with Crippen LogP contribution in [0.25, 0.3) is 0 Å². The van der Waals surface area contributed by atoms with Gasteiger partial charge in [-0.15, -0.1) is 0 Å². The van der Waals surface area contributed by atoms with Crippen molar-refractivity contribution in [3.8, 4) is 0 Å². The lowest BCUT2D eigenvalue weighted by atomic mass is 10.0. The molecule has 1 aliphatic rings. The van der Waals surface area contributed by atoms with Crippen molar-refractivity contribution in [3.63, 3.8) is 0 Å². The highest BCUT2D eigenvalue weighted by atomic mass is 16.2. The molecule has 106 valence electrons. The Morgan fingerprint density at radius 2 is 2.06 bits per heavy atom. The second kappa shape index (κ2) is 7.71. The molecule has 1 fully saturated rings. The summed E-state index contributed by atoms with van der Waals surface area (Å²) in [6.45, 7) is 5.81. The first-order valence-electron chi connectivity index (χ1n) is 6.96. The lowest BCUT2D eigenvalue weighted by molar-refractivity contribution is -0.122. The van der Waals surface area contributed by atoms with E-state index in [1.807, 2.05) is 6.92 Å². The number of carbonyl (C=O) groups excluding carboxylic acids is 1. The van der Waals surface area contributed by atoms with Gasteiger partial charge >= 0.3 is 0 Å². The van der Waals surface area contributed by atoms with Gasteiger partial charge in [-0.2, -0.15) is 0 Å². The summed E-state index contributed by atoms with van der Waals surface area (Å²) >= 11 is 0. The quantitative estimate of drug-likeness (QED) is 0.695. The van der Waals surface area contributed by atoms with E-state index in [-0.39, 0.29) is 11.9 Å². The van der Waals surface area contributed by atoms with Crippen LogP contribution in [0.4, 0.5) is 0 Å². The van der Waals surface area contributed by atoms with Gasteiger partial charge in [0.05, 0.1) is 6.04 Å². The molecule has 0 spiro atoms. The van der Waals surface area contributed by atoms with E-state index in [1.165, 1.54) is 12.8 Å². The number of carbonyl (C=O) groups is 1. The highest BCUT2D eigenvalue weighted by molar-refractivity contribution is 5.81. The first kappa shape index (κ1) is 15.4. The Morgan fingerprint density at radius 1 is 1.44 bits per heavy atom. The van der Waals surface area contributed by atoms with Gasteiger partial charge in [-0.1, -0.05) is 6.92 Å². The maximum atomic E-state index is 11.5. The minimum atomic E-state index is -0.357. The van der Waals surface area contributed by atoms with Crippen LogP contribution in [0.5, 0.6) is 0 Å². The Hall–Kier alpha value is -0.650. The van der Waals surface area contributed by atoms with Crippen LogP contribution in [0.2, 0.25) is 0 Å². The van der Waals surface area contributed by atoms with Crippen molar-refractivity contribution in [1.29, 1.82) is 0 Å². The standard InChI is InChI=1S/C13H28N4O/c1-4-12(14)13(18)15-7-10-17-8-5-11(6-9-17)16(2)3/h11-12H,4-10,14H2,1-3H3,(H,15,18)/t12-/m0/s1. The zero-order chi connectivity index (χ0) is 13.5. The molecule has 0 aliphatic carbocycles. The van der Waals surface area contributed by atoms with Gasteiger partial charge in [-0.05, 0) is 46.4 Å². The number of nitrogens with two attached hydrogens (primary N) is 1. The molecule has 0 aromatic rings. The third-order valence-corrected chi connectivity index (χ3v) is 3.79. The van der Waals surface area contributed by atoms with E-state index >= 15 is 0 Å². The molecule has 3 N–H and O–H groups in total. The molecule has 1 saturated heterocycles. The monoisotopic (exact) mass is 256 g/mol. The highest BCUT2D eigenvalue weighted by Gasteiger charge is 2.20. The van der Waals surface area contributed by atoms with Crippen LogP contribution < -0.4 is 11.1 Å². The summed E-state index contributed by atoms with van der Waals surface area (Å²) in [6.07, 6.45) is 3.13. The fourth-order valence-corrected chi connectivity index (χ4v) is 2.31. The van der Waals surface area contributed by atoms with Crippen LogP contribution >= 0.6 is 0 Å². The molecule has 0 radical (unpaired) electrons. The van der Waals surface area contributed by atoms with E-state index in [4.69, 9.17) is 5.73 Å². The lowest BCUT2D eigenvalue weighted by Gasteiger charge is -2.35. The summed E-state index contributed by atoms with van der Waals surface area (Å²) < 4.78 is 0. The van der Waals surface area contributed by atoms with Crippen molar-refractivity contribution in [2.45, 2.75) is 38.3 Å².